The minimum atomic E-state index is -0.308. The largest absolute Gasteiger partial charge is 0.492 e. The van der Waals surface area contributed by atoms with E-state index in [0.29, 0.717) is 6.54 Å². The molecule has 0 aliphatic heterocycles. The van der Waals surface area contributed by atoms with Gasteiger partial charge < -0.3 is 10.1 Å². The van der Waals surface area contributed by atoms with Crippen molar-refractivity contribution in [3.63, 3.8) is 0 Å². The highest BCUT2D eigenvalue weighted by molar-refractivity contribution is 5.91. The van der Waals surface area contributed by atoms with Crippen molar-refractivity contribution in [3.05, 3.63) is 130 Å². The predicted octanol–water partition coefficient (Wildman–Crippen LogP) is 4.27. The summed E-state index contributed by atoms with van der Waals surface area (Å²) in [4.78, 5) is 24.9. The molecule has 0 fully saturated rings. The molecule has 3 aromatic carbocycles. The van der Waals surface area contributed by atoms with Gasteiger partial charge in [-0.2, -0.15) is 5.10 Å². The lowest BCUT2D eigenvalue weighted by Gasteiger charge is -2.18. The van der Waals surface area contributed by atoms with E-state index in [9.17, 15) is 9.59 Å². The van der Waals surface area contributed by atoms with E-state index in [1.165, 1.54) is 27.9 Å². The molecule has 0 atom stereocenters. The molecular formula is C28H27N3O3. The Morgan fingerprint density at radius 2 is 1.41 bits per heavy atom. The highest BCUT2D eigenvalue weighted by Gasteiger charge is 2.15. The van der Waals surface area contributed by atoms with Gasteiger partial charge in [-0.05, 0) is 35.7 Å². The number of para-hydroxylation sites is 1. The van der Waals surface area contributed by atoms with Gasteiger partial charge >= 0.3 is 0 Å². The molecule has 6 heteroatoms. The van der Waals surface area contributed by atoms with Crippen molar-refractivity contribution in [2.75, 3.05) is 13.2 Å². The molecule has 1 N–H and O–H groups in total. The van der Waals surface area contributed by atoms with Gasteiger partial charge in [-0.25, -0.2) is 4.68 Å². The Hall–Kier alpha value is -4.19. The summed E-state index contributed by atoms with van der Waals surface area (Å²) in [5, 5.41) is 7.18. The zero-order valence-electron chi connectivity index (χ0n) is 18.8. The van der Waals surface area contributed by atoms with Crippen molar-refractivity contribution in [2.24, 2.45) is 0 Å². The number of ether oxygens (including phenoxy) is 1. The van der Waals surface area contributed by atoms with Gasteiger partial charge in [0.1, 0.15) is 18.1 Å². The molecule has 1 heterocycles. The molecule has 6 nitrogen and oxygen atoms in total. The molecule has 172 valence electrons. The molecule has 0 saturated carbocycles. The first-order chi connectivity index (χ1) is 16.7. The van der Waals surface area contributed by atoms with E-state index < -0.39 is 0 Å². The second-order valence-electron chi connectivity index (χ2n) is 7.86. The zero-order valence-corrected chi connectivity index (χ0v) is 18.8. The lowest BCUT2D eigenvalue weighted by atomic mass is 9.88. The van der Waals surface area contributed by atoms with Crippen molar-refractivity contribution >= 4 is 5.91 Å². The Balaban J connectivity index is 1.36. The molecule has 1 amide bonds. The Bertz CT molecular complexity index is 1200. The summed E-state index contributed by atoms with van der Waals surface area (Å²) >= 11 is 0. The van der Waals surface area contributed by atoms with E-state index in [0.717, 1.165) is 12.2 Å². The Morgan fingerprint density at radius 1 is 0.824 bits per heavy atom. The highest BCUT2D eigenvalue weighted by Crippen LogP contribution is 2.27. The van der Waals surface area contributed by atoms with Crippen molar-refractivity contribution in [1.29, 1.82) is 0 Å². The van der Waals surface area contributed by atoms with Gasteiger partial charge in [-0.15, -0.1) is 0 Å². The first kappa shape index (κ1) is 23.0. The Labute approximate surface area is 198 Å². The van der Waals surface area contributed by atoms with Crippen molar-refractivity contribution in [2.45, 2.75) is 18.9 Å². The summed E-state index contributed by atoms with van der Waals surface area (Å²) in [6.45, 7) is 1.00. The second-order valence-corrected chi connectivity index (χ2v) is 7.86. The lowest BCUT2D eigenvalue weighted by Crippen LogP contribution is -2.31. The van der Waals surface area contributed by atoms with Gasteiger partial charge in [0.2, 0.25) is 0 Å². The van der Waals surface area contributed by atoms with E-state index in [4.69, 9.17) is 4.74 Å². The minimum Gasteiger partial charge on any atom is -0.492 e. The molecule has 4 rings (SSSR count). The monoisotopic (exact) mass is 453 g/mol. The summed E-state index contributed by atoms with van der Waals surface area (Å²) in [6.07, 6.45) is 0.740. The molecule has 34 heavy (non-hydrogen) atoms. The topological polar surface area (TPSA) is 73.2 Å². The van der Waals surface area contributed by atoms with E-state index >= 15 is 0 Å². The average Bonchev–Trinajstić information content (AvgIpc) is 2.89. The van der Waals surface area contributed by atoms with Crippen LogP contribution < -0.4 is 15.6 Å². The number of benzene rings is 3. The fraction of sp³-hybridized carbons (Fsp3) is 0.179. The van der Waals surface area contributed by atoms with Crippen LogP contribution in [0.5, 0.6) is 5.75 Å². The third kappa shape index (κ3) is 6.19. The minimum absolute atomic E-state index is 0.166. The SMILES string of the molecule is O=C(NCCC(c1ccccc1)c1ccccc1)c1ccc(=O)n(CCOc2ccccc2)n1. The van der Waals surface area contributed by atoms with Crippen molar-refractivity contribution < 1.29 is 9.53 Å². The fourth-order valence-electron chi connectivity index (χ4n) is 3.81. The highest BCUT2D eigenvalue weighted by atomic mass is 16.5. The lowest BCUT2D eigenvalue weighted by molar-refractivity contribution is 0.0944. The summed E-state index contributed by atoms with van der Waals surface area (Å²) < 4.78 is 6.90. The average molecular weight is 454 g/mol. The second kappa shape index (κ2) is 11.6. The number of nitrogens with one attached hydrogen (secondary N) is 1. The number of nitrogens with zero attached hydrogens (tertiary/aromatic N) is 2. The maximum absolute atomic E-state index is 12.7. The smallest absolute Gasteiger partial charge is 0.271 e. The first-order valence-corrected chi connectivity index (χ1v) is 11.3. The van der Waals surface area contributed by atoms with Crippen LogP contribution in [0.3, 0.4) is 0 Å². The molecule has 0 aliphatic carbocycles. The molecule has 0 saturated heterocycles. The predicted molar refractivity (Wildman–Crippen MR) is 132 cm³/mol. The number of rotatable bonds is 10. The quantitative estimate of drug-likeness (QED) is 0.389. The van der Waals surface area contributed by atoms with Crippen LogP contribution in [-0.4, -0.2) is 28.8 Å². The van der Waals surface area contributed by atoms with Crippen LogP contribution in [0.4, 0.5) is 0 Å². The number of aromatic nitrogens is 2. The van der Waals surface area contributed by atoms with Crippen LogP contribution in [0.25, 0.3) is 0 Å². The number of hydrogen-bond acceptors (Lipinski definition) is 4. The van der Waals surface area contributed by atoms with Crippen LogP contribution in [0.1, 0.15) is 34.0 Å². The van der Waals surface area contributed by atoms with Gasteiger partial charge in [-0.3, -0.25) is 9.59 Å². The van der Waals surface area contributed by atoms with Crippen LogP contribution in [-0.2, 0) is 6.54 Å². The zero-order chi connectivity index (χ0) is 23.6. The molecule has 1 aromatic heterocycles. The van der Waals surface area contributed by atoms with Gasteiger partial charge in [-0.1, -0.05) is 78.9 Å². The summed E-state index contributed by atoms with van der Waals surface area (Å²) in [5.74, 6) is 0.577. The van der Waals surface area contributed by atoms with Crippen LogP contribution >= 0.6 is 0 Å². The van der Waals surface area contributed by atoms with E-state index in [-0.39, 0.29) is 36.2 Å². The normalized spacial score (nSPS) is 10.7. The molecule has 0 unspecified atom stereocenters. The number of carbonyl (C=O) groups excluding carboxylic acids is 1. The maximum atomic E-state index is 12.7. The van der Waals surface area contributed by atoms with E-state index in [1.54, 1.807) is 0 Å². The standard InChI is InChI=1S/C28H27N3O3/c32-27-17-16-26(30-31(27)20-21-34-24-14-8-3-9-15-24)28(33)29-19-18-25(22-10-4-1-5-11-22)23-12-6-2-7-13-23/h1-17,25H,18-21H2,(H,29,33). The van der Waals surface area contributed by atoms with E-state index in [2.05, 4.69) is 34.7 Å². The van der Waals surface area contributed by atoms with Crippen molar-refractivity contribution in [1.82, 2.24) is 15.1 Å². The third-order valence-corrected chi connectivity index (χ3v) is 5.54. The summed E-state index contributed by atoms with van der Waals surface area (Å²) in [7, 11) is 0. The van der Waals surface area contributed by atoms with Gasteiger partial charge in [0.25, 0.3) is 11.5 Å². The molecule has 0 radical (unpaired) electrons. The number of carbonyl (C=O) groups is 1. The fourth-order valence-corrected chi connectivity index (χ4v) is 3.81. The van der Waals surface area contributed by atoms with Crippen LogP contribution in [0, 0.1) is 0 Å². The molecule has 0 aliphatic rings. The van der Waals surface area contributed by atoms with Gasteiger partial charge in [0.05, 0.1) is 6.54 Å². The van der Waals surface area contributed by atoms with Crippen LogP contribution in [0.15, 0.2) is 108 Å². The summed E-state index contributed by atoms with van der Waals surface area (Å²) in [6, 6.07) is 32.7. The molecule has 0 bridgehead atoms. The van der Waals surface area contributed by atoms with E-state index in [1.807, 2.05) is 66.7 Å². The Morgan fingerprint density at radius 3 is 2.03 bits per heavy atom. The van der Waals surface area contributed by atoms with Gasteiger partial charge in [0.15, 0.2) is 0 Å². The number of amides is 1. The summed E-state index contributed by atoms with van der Waals surface area (Å²) in [5.41, 5.74) is 2.33. The molecule has 4 aromatic rings. The molecule has 0 spiro atoms. The molecular weight excluding hydrogens is 426 g/mol. The third-order valence-electron chi connectivity index (χ3n) is 5.54. The Kier molecular flexibility index (Phi) is 7.85. The van der Waals surface area contributed by atoms with Crippen LogP contribution in [0.2, 0.25) is 0 Å². The number of hydrogen-bond donors (Lipinski definition) is 1. The maximum Gasteiger partial charge on any atom is 0.271 e. The van der Waals surface area contributed by atoms with Crippen molar-refractivity contribution in [3.8, 4) is 5.75 Å². The van der Waals surface area contributed by atoms with Gasteiger partial charge in [0, 0.05) is 18.5 Å². The first-order valence-electron chi connectivity index (χ1n) is 11.3.